The van der Waals surface area contributed by atoms with Gasteiger partial charge in [0, 0.05) is 24.8 Å². The third kappa shape index (κ3) is 2.14. The van der Waals surface area contributed by atoms with E-state index in [1.54, 1.807) is 30.1 Å². The Labute approximate surface area is 140 Å². The van der Waals surface area contributed by atoms with Crippen molar-refractivity contribution < 1.29 is 0 Å². The van der Waals surface area contributed by atoms with Crippen molar-refractivity contribution in [2.24, 2.45) is 0 Å². The maximum atomic E-state index is 4.63. The summed E-state index contributed by atoms with van der Waals surface area (Å²) < 4.78 is 2.04. The SMILES string of the molecule is c1c[nH]c(-c2cn3cc(-c4ccc(-c5cnc[nH]5)cc4)sc3n2)n1. The average molecular weight is 332 g/mol. The summed E-state index contributed by atoms with van der Waals surface area (Å²) in [6.07, 6.45) is 11.1. The molecule has 4 heterocycles. The molecule has 0 aliphatic rings. The summed E-state index contributed by atoms with van der Waals surface area (Å²) in [6, 6.07) is 8.43. The number of aromatic amines is 2. The minimum atomic E-state index is 0.788. The summed E-state index contributed by atoms with van der Waals surface area (Å²) in [5.74, 6) is 0.788. The molecule has 7 heteroatoms. The van der Waals surface area contributed by atoms with Crippen LogP contribution in [0.15, 0.2) is 61.6 Å². The molecular weight excluding hydrogens is 320 g/mol. The zero-order valence-corrected chi connectivity index (χ0v) is 13.3. The normalized spacial score (nSPS) is 11.3. The summed E-state index contributed by atoms with van der Waals surface area (Å²) in [4.78, 5) is 21.3. The molecule has 5 rings (SSSR count). The van der Waals surface area contributed by atoms with E-state index >= 15 is 0 Å². The van der Waals surface area contributed by atoms with Gasteiger partial charge in [-0.1, -0.05) is 35.6 Å². The van der Waals surface area contributed by atoms with Crippen LogP contribution in [0.2, 0.25) is 0 Å². The number of rotatable bonds is 3. The first-order chi connectivity index (χ1) is 11.9. The van der Waals surface area contributed by atoms with Crippen LogP contribution in [0.5, 0.6) is 0 Å². The van der Waals surface area contributed by atoms with E-state index in [0.29, 0.717) is 0 Å². The topological polar surface area (TPSA) is 74.7 Å². The lowest BCUT2D eigenvalue weighted by Crippen LogP contribution is -1.80. The molecule has 5 aromatic rings. The summed E-state index contributed by atoms with van der Waals surface area (Å²) in [6.45, 7) is 0. The monoisotopic (exact) mass is 332 g/mol. The van der Waals surface area contributed by atoms with Gasteiger partial charge in [-0.2, -0.15) is 0 Å². The molecule has 0 spiro atoms. The summed E-state index contributed by atoms with van der Waals surface area (Å²) >= 11 is 1.66. The van der Waals surface area contributed by atoms with Crippen LogP contribution >= 0.6 is 11.3 Å². The summed E-state index contributed by atoms with van der Waals surface area (Å²) in [5, 5.41) is 0. The highest BCUT2D eigenvalue weighted by atomic mass is 32.1. The lowest BCUT2D eigenvalue weighted by atomic mass is 10.1. The van der Waals surface area contributed by atoms with Gasteiger partial charge in [-0.05, 0) is 11.1 Å². The number of benzene rings is 1. The number of imidazole rings is 3. The van der Waals surface area contributed by atoms with Crippen LogP contribution in [0.3, 0.4) is 0 Å². The molecule has 6 nitrogen and oxygen atoms in total. The molecule has 2 N–H and O–H groups in total. The predicted molar refractivity (Wildman–Crippen MR) is 93.7 cm³/mol. The van der Waals surface area contributed by atoms with Gasteiger partial charge >= 0.3 is 0 Å². The van der Waals surface area contributed by atoms with Crippen LogP contribution in [-0.4, -0.2) is 29.3 Å². The first-order valence-corrected chi connectivity index (χ1v) is 8.26. The van der Waals surface area contributed by atoms with Crippen LogP contribution in [0.1, 0.15) is 0 Å². The van der Waals surface area contributed by atoms with Crippen molar-refractivity contribution in [1.29, 1.82) is 0 Å². The lowest BCUT2D eigenvalue weighted by molar-refractivity contribution is 1.23. The number of H-pyrrole nitrogens is 2. The summed E-state index contributed by atoms with van der Waals surface area (Å²) in [5.41, 5.74) is 4.17. The summed E-state index contributed by atoms with van der Waals surface area (Å²) in [7, 11) is 0. The van der Waals surface area contributed by atoms with Gasteiger partial charge in [-0.25, -0.2) is 15.0 Å². The number of thiazole rings is 1. The molecular formula is C17H12N6S. The number of nitrogens with one attached hydrogen (secondary N) is 2. The molecule has 1 aromatic carbocycles. The molecule has 0 aliphatic heterocycles. The molecule has 0 bridgehead atoms. The van der Waals surface area contributed by atoms with E-state index in [1.165, 1.54) is 10.4 Å². The number of nitrogens with zero attached hydrogens (tertiary/aromatic N) is 4. The fraction of sp³-hybridized carbons (Fsp3) is 0. The van der Waals surface area contributed by atoms with Crippen molar-refractivity contribution >= 4 is 16.3 Å². The van der Waals surface area contributed by atoms with Crippen LogP contribution < -0.4 is 0 Å². The first-order valence-electron chi connectivity index (χ1n) is 7.44. The van der Waals surface area contributed by atoms with Gasteiger partial charge in [0.15, 0.2) is 10.8 Å². The van der Waals surface area contributed by atoms with E-state index in [-0.39, 0.29) is 0 Å². The zero-order chi connectivity index (χ0) is 15.9. The second-order valence-electron chi connectivity index (χ2n) is 5.39. The molecule has 0 amide bonds. The van der Waals surface area contributed by atoms with Gasteiger partial charge in [0.25, 0.3) is 0 Å². The Hall–Kier alpha value is -3.19. The van der Waals surface area contributed by atoms with Gasteiger partial charge in [-0.15, -0.1) is 0 Å². The smallest absolute Gasteiger partial charge is 0.194 e. The van der Waals surface area contributed by atoms with E-state index in [0.717, 1.165) is 27.7 Å². The fourth-order valence-corrected chi connectivity index (χ4v) is 3.65. The van der Waals surface area contributed by atoms with E-state index < -0.39 is 0 Å². The first kappa shape index (κ1) is 13.3. The van der Waals surface area contributed by atoms with Gasteiger partial charge in [0.2, 0.25) is 0 Å². The zero-order valence-electron chi connectivity index (χ0n) is 12.5. The van der Waals surface area contributed by atoms with Gasteiger partial charge in [0.1, 0.15) is 5.69 Å². The van der Waals surface area contributed by atoms with Crippen LogP contribution in [0.4, 0.5) is 0 Å². The number of aromatic nitrogens is 6. The average Bonchev–Trinajstić information content (AvgIpc) is 3.37. The van der Waals surface area contributed by atoms with Crippen LogP contribution in [0.25, 0.3) is 38.2 Å². The second kappa shape index (κ2) is 5.17. The van der Waals surface area contributed by atoms with Crippen molar-refractivity contribution in [2.45, 2.75) is 0 Å². The van der Waals surface area contributed by atoms with E-state index in [9.17, 15) is 0 Å². The number of fused-ring (bicyclic) bond motifs is 1. The molecule has 0 saturated heterocycles. The minimum Gasteiger partial charge on any atom is -0.345 e. The van der Waals surface area contributed by atoms with Gasteiger partial charge < -0.3 is 9.97 Å². The highest BCUT2D eigenvalue weighted by Crippen LogP contribution is 2.31. The molecule has 0 aliphatic carbocycles. The molecule has 0 radical (unpaired) electrons. The van der Waals surface area contributed by atoms with Crippen molar-refractivity contribution in [3.05, 3.63) is 61.6 Å². The van der Waals surface area contributed by atoms with Crippen molar-refractivity contribution in [3.63, 3.8) is 0 Å². The molecule has 0 saturated carbocycles. The van der Waals surface area contributed by atoms with Crippen molar-refractivity contribution in [1.82, 2.24) is 29.3 Å². The third-order valence-electron chi connectivity index (χ3n) is 3.88. The maximum absolute atomic E-state index is 4.63. The van der Waals surface area contributed by atoms with Gasteiger partial charge in [0.05, 0.1) is 23.1 Å². The Kier molecular flexibility index (Phi) is 2.86. The highest BCUT2D eigenvalue weighted by molar-refractivity contribution is 7.20. The Balaban J connectivity index is 1.49. The van der Waals surface area contributed by atoms with Gasteiger partial charge in [-0.3, -0.25) is 4.40 Å². The number of hydrogen-bond acceptors (Lipinski definition) is 4. The highest BCUT2D eigenvalue weighted by Gasteiger charge is 2.11. The Morgan fingerprint density at radius 2 is 1.88 bits per heavy atom. The lowest BCUT2D eigenvalue weighted by Gasteiger charge is -2.00. The van der Waals surface area contributed by atoms with Crippen LogP contribution in [-0.2, 0) is 0 Å². The van der Waals surface area contributed by atoms with E-state index in [4.69, 9.17) is 0 Å². The largest absolute Gasteiger partial charge is 0.345 e. The van der Waals surface area contributed by atoms with Crippen molar-refractivity contribution in [3.8, 4) is 33.2 Å². The Morgan fingerprint density at radius 1 is 1.00 bits per heavy atom. The maximum Gasteiger partial charge on any atom is 0.194 e. The molecule has 116 valence electrons. The molecule has 4 aromatic heterocycles. The van der Waals surface area contributed by atoms with E-state index in [1.807, 2.05) is 16.8 Å². The standard InChI is InChI=1S/C17H12N6S/c1-3-12(4-2-11(1)13-7-18-10-21-13)15-9-23-8-14(22-17(23)24-15)16-19-5-6-20-16/h1-10H,(H,18,21)(H,19,20). The predicted octanol–water partition coefficient (Wildman–Crippen LogP) is 3.84. The Bertz CT molecular complexity index is 1050. The van der Waals surface area contributed by atoms with E-state index in [2.05, 4.69) is 55.4 Å². The van der Waals surface area contributed by atoms with Crippen molar-refractivity contribution in [2.75, 3.05) is 0 Å². The minimum absolute atomic E-state index is 0.788. The number of hydrogen-bond donors (Lipinski definition) is 2. The second-order valence-corrected chi connectivity index (χ2v) is 6.40. The molecule has 24 heavy (non-hydrogen) atoms. The molecule has 0 fully saturated rings. The third-order valence-corrected chi connectivity index (χ3v) is 4.92. The molecule has 0 atom stereocenters. The van der Waals surface area contributed by atoms with Crippen LogP contribution in [0, 0.1) is 0 Å². The fourth-order valence-electron chi connectivity index (χ4n) is 2.68. The quantitative estimate of drug-likeness (QED) is 0.527. The Morgan fingerprint density at radius 3 is 2.58 bits per heavy atom. The molecule has 0 unspecified atom stereocenters.